The molecule has 5 heteroatoms. The van der Waals surface area contributed by atoms with E-state index in [1.807, 2.05) is 27.7 Å². The highest BCUT2D eigenvalue weighted by Gasteiger charge is 2.33. The van der Waals surface area contributed by atoms with Gasteiger partial charge in [0.2, 0.25) is 0 Å². The fraction of sp³-hybridized carbons (Fsp3) is 0.714. The highest BCUT2D eigenvalue weighted by molar-refractivity contribution is 5.81. The summed E-state index contributed by atoms with van der Waals surface area (Å²) in [7, 11) is 0. The first kappa shape index (κ1) is 15.5. The average molecular weight is 269 g/mol. The number of aliphatic carboxylic acids is 1. The van der Waals surface area contributed by atoms with Crippen LogP contribution in [0.3, 0.4) is 0 Å². The van der Waals surface area contributed by atoms with E-state index in [4.69, 9.17) is 9.84 Å². The molecule has 0 aromatic heterocycles. The van der Waals surface area contributed by atoms with Gasteiger partial charge < -0.3 is 14.7 Å². The molecule has 0 aromatic rings. The molecule has 1 aliphatic heterocycles. The Bertz CT molecular complexity index is 381. The molecule has 0 radical (unpaired) electrons. The van der Waals surface area contributed by atoms with Gasteiger partial charge in [0, 0.05) is 12.6 Å². The Labute approximate surface area is 114 Å². The third kappa shape index (κ3) is 4.58. The summed E-state index contributed by atoms with van der Waals surface area (Å²) >= 11 is 0. The number of carboxylic acid groups (broad SMARTS) is 1. The highest BCUT2D eigenvalue weighted by Crippen LogP contribution is 2.27. The van der Waals surface area contributed by atoms with E-state index in [1.165, 1.54) is 6.08 Å². The van der Waals surface area contributed by atoms with Crippen molar-refractivity contribution in [1.82, 2.24) is 4.90 Å². The summed E-state index contributed by atoms with van der Waals surface area (Å²) in [6.07, 6.45) is 3.15. The molecule has 1 amide bonds. The summed E-state index contributed by atoms with van der Waals surface area (Å²) in [6, 6.07) is -0.143. The molecule has 19 heavy (non-hydrogen) atoms. The molecule has 5 nitrogen and oxygen atoms in total. The first-order chi connectivity index (χ1) is 8.74. The molecule has 108 valence electrons. The Kier molecular flexibility index (Phi) is 4.97. The van der Waals surface area contributed by atoms with Crippen molar-refractivity contribution in [3.63, 3.8) is 0 Å². The third-order valence-corrected chi connectivity index (χ3v) is 3.03. The van der Waals surface area contributed by atoms with Crippen LogP contribution in [0.1, 0.15) is 47.0 Å². The van der Waals surface area contributed by atoms with E-state index in [2.05, 4.69) is 0 Å². The van der Waals surface area contributed by atoms with Gasteiger partial charge in [-0.25, -0.2) is 9.59 Å². The Balaban J connectivity index is 2.84. The molecule has 0 spiro atoms. The SMILES string of the molecule is CC/C(=C\C(=O)O)C1CCCN1C(=O)OC(C)(C)C. The van der Waals surface area contributed by atoms with Gasteiger partial charge in [-0.05, 0) is 45.6 Å². The van der Waals surface area contributed by atoms with Crippen molar-refractivity contribution >= 4 is 12.1 Å². The zero-order chi connectivity index (χ0) is 14.6. The number of hydrogen-bond acceptors (Lipinski definition) is 3. The summed E-state index contributed by atoms with van der Waals surface area (Å²) in [5, 5.41) is 8.88. The fourth-order valence-corrected chi connectivity index (χ4v) is 2.28. The highest BCUT2D eigenvalue weighted by atomic mass is 16.6. The molecule has 0 saturated carbocycles. The Morgan fingerprint density at radius 2 is 2.05 bits per heavy atom. The van der Waals surface area contributed by atoms with Crippen LogP contribution in [0.25, 0.3) is 0 Å². The molecule has 1 unspecified atom stereocenters. The zero-order valence-corrected chi connectivity index (χ0v) is 12.1. The van der Waals surface area contributed by atoms with Gasteiger partial charge in [0.05, 0.1) is 6.04 Å². The number of hydrogen-bond donors (Lipinski definition) is 1. The quantitative estimate of drug-likeness (QED) is 0.800. The standard InChI is InChI=1S/C14H23NO4/c1-5-10(9-12(16)17)11-7-6-8-15(11)13(18)19-14(2,3)4/h9,11H,5-8H2,1-4H3,(H,16,17)/b10-9+. The van der Waals surface area contributed by atoms with E-state index in [0.29, 0.717) is 13.0 Å². The maximum Gasteiger partial charge on any atom is 0.410 e. The largest absolute Gasteiger partial charge is 0.478 e. The van der Waals surface area contributed by atoms with Crippen molar-refractivity contribution in [1.29, 1.82) is 0 Å². The van der Waals surface area contributed by atoms with Crippen LogP contribution in [-0.2, 0) is 9.53 Å². The predicted molar refractivity (Wildman–Crippen MR) is 72.0 cm³/mol. The number of carbonyl (C=O) groups excluding carboxylic acids is 1. The van der Waals surface area contributed by atoms with Crippen LogP contribution in [0.15, 0.2) is 11.6 Å². The molecule has 1 rings (SSSR count). The summed E-state index contributed by atoms with van der Waals surface area (Å²) in [5.74, 6) is -0.965. The summed E-state index contributed by atoms with van der Waals surface area (Å²) in [4.78, 5) is 24.6. The van der Waals surface area contributed by atoms with Crippen LogP contribution in [0.4, 0.5) is 4.79 Å². The Hall–Kier alpha value is -1.52. The maximum absolute atomic E-state index is 12.1. The molecular weight excluding hydrogens is 246 g/mol. The van der Waals surface area contributed by atoms with Crippen LogP contribution in [0, 0.1) is 0 Å². The third-order valence-electron chi connectivity index (χ3n) is 3.03. The molecule has 0 aromatic carbocycles. The number of carboxylic acids is 1. The number of ether oxygens (including phenoxy) is 1. The molecule has 0 bridgehead atoms. The van der Waals surface area contributed by atoms with Gasteiger partial charge in [-0.1, -0.05) is 6.92 Å². The van der Waals surface area contributed by atoms with Crippen molar-refractivity contribution in [2.75, 3.05) is 6.54 Å². The van der Waals surface area contributed by atoms with E-state index < -0.39 is 11.6 Å². The van der Waals surface area contributed by atoms with Crippen molar-refractivity contribution < 1.29 is 19.4 Å². The minimum atomic E-state index is -0.965. The maximum atomic E-state index is 12.1. The van der Waals surface area contributed by atoms with Gasteiger partial charge in [0.25, 0.3) is 0 Å². The lowest BCUT2D eigenvalue weighted by molar-refractivity contribution is -0.131. The van der Waals surface area contributed by atoms with E-state index in [-0.39, 0.29) is 12.1 Å². The normalized spacial score (nSPS) is 20.5. The molecule has 1 N–H and O–H groups in total. The number of carbonyl (C=O) groups is 2. The van der Waals surface area contributed by atoms with Crippen molar-refractivity contribution in [2.24, 2.45) is 0 Å². The van der Waals surface area contributed by atoms with Gasteiger partial charge in [-0.3, -0.25) is 0 Å². The first-order valence-electron chi connectivity index (χ1n) is 6.67. The lowest BCUT2D eigenvalue weighted by atomic mass is 10.0. The monoisotopic (exact) mass is 269 g/mol. The number of nitrogens with zero attached hydrogens (tertiary/aromatic N) is 1. The van der Waals surface area contributed by atoms with Gasteiger partial charge >= 0.3 is 12.1 Å². The van der Waals surface area contributed by atoms with E-state index in [9.17, 15) is 9.59 Å². The minimum Gasteiger partial charge on any atom is -0.478 e. The number of amides is 1. The summed E-state index contributed by atoms with van der Waals surface area (Å²) in [5.41, 5.74) is 0.239. The first-order valence-corrected chi connectivity index (χ1v) is 6.67. The van der Waals surface area contributed by atoms with Crippen LogP contribution in [0.5, 0.6) is 0 Å². The van der Waals surface area contributed by atoms with Gasteiger partial charge in [0.1, 0.15) is 5.60 Å². The molecule has 0 aliphatic carbocycles. The zero-order valence-electron chi connectivity index (χ0n) is 12.1. The summed E-state index contributed by atoms with van der Waals surface area (Å²) in [6.45, 7) is 7.99. The molecule has 1 saturated heterocycles. The minimum absolute atomic E-state index is 0.143. The summed E-state index contributed by atoms with van der Waals surface area (Å²) < 4.78 is 5.36. The van der Waals surface area contributed by atoms with E-state index in [0.717, 1.165) is 18.4 Å². The van der Waals surface area contributed by atoms with Crippen LogP contribution in [-0.4, -0.2) is 40.3 Å². The topological polar surface area (TPSA) is 66.8 Å². The van der Waals surface area contributed by atoms with Crippen molar-refractivity contribution in [3.05, 3.63) is 11.6 Å². The lowest BCUT2D eigenvalue weighted by Gasteiger charge is -2.29. The molecule has 1 fully saturated rings. The van der Waals surface area contributed by atoms with Crippen molar-refractivity contribution in [3.8, 4) is 0 Å². The predicted octanol–water partition coefficient (Wildman–Crippen LogP) is 2.81. The molecule has 1 atom stereocenters. The fourth-order valence-electron chi connectivity index (χ4n) is 2.28. The van der Waals surface area contributed by atoms with Crippen LogP contribution < -0.4 is 0 Å². The second kappa shape index (κ2) is 6.08. The van der Waals surface area contributed by atoms with Crippen LogP contribution in [0.2, 0.25) is 0 Å². The molecule has 1 aliphatic rings. The smallest absolute Gasteiger partial charge is 0.410 e. The second-order valence-corrected chi connectivity index (χ2v) is 5.74. The Morgan fingerprint density at radius 3 is 2.53 bits per heavy atom. The average Bonchev–Trinajstić information content (AvgIpc) is 2.71. The Morgan fingerprint density at radius 1 is 1.42 bits per heavy atom. The molecule has 1 heterocycles. The molecular formula is C14H23NO4. The van der Waals surface area contributed by atoms with E-state index in [1.54, 1.807) is 4.90 Å². The lowest BCUT2D eigenvalue weighted by Crippen LogP contribution is -2.40. The van der Waals surface area contributed by atoms with Gasteiger partial charge in [-0.15, -0.1) is 0 Å². The van der Waals surface area contributed by atoms with Crippen molar-refractivity contribution in [2.45, 2.75) is 58.6 Å². The van der Waals surface area contributed by atoms with Gasteiger partial charge in [0.15, 0.2) is 0 Å². The second-order valence-electron chi connectivity index (χ2n) is 5.74. The van der Waals surface area contributed by atoms with Gasteiger partial charge in [-0.2, -0.15) is 0 Å². The van der Waals surface area contributed by atoms with E-state index >= 15 is 0 Å². The number of likely N-dealkylation sites (tertiary alicyclic amines) is 1. The number of rotatable bonds is 3. The van der Waals surface area contributed by atoms with Crippen LogP contribution >= 0.6 is 0 Å².